The van der Waals surface area contributed by atoms with Gasteiger partial charge < -0.3 is 14.5 Å². The summed E-state index contributed by atoms with van der Waals surface area (Å²) < 4.78 is 11.2. The van der Waals surface area contributed by atoms with E-state index in [0.29, 0.717) is 0 Å². The van der Waals surface area contributed by atoms with Crippen LogP contribution in [0.2, 0.25) is 0 Å². The number of halogens is 2. The molecule has 2 aliphatic rings. The van der Waals surface area contributed by atoms with Gasteiger partial charge in [0, 0.05) is 39.3 Å². The first-order valence-corrected chi connectivity index (χ1v) is 11.3. The molecular formula is C26H33Cl2N3O2. The van der Waals surface area contributed by atoms with Gasteiger partial charge in [-0.15, -0.1) is 24.8 Å². The van der Waals surface area contributed by atoms with E-state index in [-0.39, 0.29) is 24.8 Å². The number of benzene rings is 2. The van der Waals surface area contributed by atoms with Gasteiger partial charge in [-0.25, -0.2) is 0 Å². The zero-order valence-corrected chi connectivity index (χ0v) is 20.5. The third-order valence-electron chi connectivity index (χ3n) is 6.31. The number of H-pyrrole nitrogens is 1. The summed E-state index contributed by atoms with van der Waals surface area (Å²) in [5, 5.41) is 0. The number of ether oxygens (including phenoxy) is 2. The molecule has 2 fully saturated rings. The Morgan fingerprint density at radius 3 is 1.30 bits per heavy atom. The van der Waals surface area contributed by atoms with Crippen LogP contribution in [-0.4, -0.2) is 67.4 Å². The summed E-state index contributed by atoms with van der Waals surface area (Å²) in [6, 6.07) is 21.5. The third kappa shape index (κ3) is 6.18. The molecule has 178 valence electrons. The zero-order valence-electron chi connectivity index (χ0n) is 18.9. The molecule has 3 aromatic rings. The number of rotatable bonds is 6. The van der Waals surface area contributed by atoms with Gasteiger partial charge in [-0.1, -0.05) is 60.7 Å². The fourth-order valence-electron chi connectivity index (χ4n) is 4.59. The molecule has 5 nitrogen and oxygen atoms in total. The Bertz CT molecular complexity index is 892. The van der Waals surface area contributed by atoms with Crippen LogP contribution in [0, 0.1) is 0 Å². The van der Waals surface area contributed by atoms with E-state index in [1.807, 2.05) is 0 Å². The van der Waals surface area contributed by atoms with Crippen LogP contribution >= 0.6 is 24.8 Å². The zero-order chi connectivity index (χ0) is 20.9. The first-order valence-electron chi connectivity index (χ1n) is 11.3. The van der Waals surface area contributed by atoms with Gasteiger partial charge in [-0.2, -0.15) is 0 Å². The number of hydrogen-bond donors (Lipinski definition) is 1. The van der Waals surface area contributed by atoms with E-state index in [2.05, 4.69) is 75.4 Å². The molecule has 33 heavy (non-hydrogen) atoms. The van der Waals surface area contributed by atoms with Crippen LogP contribution in [0.5, 0.6) is 0 Å². The Labute approximate surface area is 208 Å². The fourth-order valence-corrected chi connectivity index (χ4v) is 4.59. The van der Waals surface area contributed by atoms with Crippen LogP contribution in [0.1, 0.15) is 11.1 Å². The highest BCUT2D eigenvalue weighted by Gasteiger charge is 2.24. The lowest BCUT2D eigenvalue weighted by Crippen LogP contribution is -2.37. The number of hydrogen-bond acceptors (Lipinski definition) is 4. The van der Waals surface area contributed by atoms with Crippen LogP contribution < -0.4 is 0 Å². The van der Waals surface area contributed by atoms with E-state index in [0.717, 1.165) is 65.7 Å². The van der Waals surface area contributed by atoms with Crippen molar-refractivity contribution in [1.82, 2.24) is 14.8 Å². The predicted octanol–water partition coefficient (Wildman–Crippen LogP) is 4.86. The first kappa shape index (κ1) is 25.8. The molecule has 2 aromatic carbocycles. The second-order valence-corrected chi connectivity index (χ2v) is 8.34. The maximum absolute atomic E-state index is 5.61. The first-order chi connectivity index (χ1) is 15.4. The number of morpholine rings is 2. The molecule has 0 bridgehead atoms. The molecule has 0 amide bonds. The summed E-state index contributed by atoms with van der Waals surface area (Å²) in [6.45, 7) is 9.07. The molecule has 2 aliphatic heterocycles. The van der Waals surface area contributed by atoms with Gasteiger partial charge in [0.2, 0.25) is 0 Å². The summed E-state index contributed by atoms with van der Waals surface area (Å²) in [5.74, 6) is 0. The highest BCUT2D eigenvalue weighted by Crippen LogP contribution is 2.36. The average Bonchev–Trinajstić information content (AvgIpc) is 3.19. The minimum Gasteiger partial charge on any atom is -0.379 e. The van der Waals surface area contributed by atoms with Gasteiger partial charge in [0.25, 0.3) is 0 Å². The number of nitrogens with zero attached hydrogens (tertiary/aromatic N) is 2. The lowest BCUT2D eigenvalue weighted by atomic mass is 10.00. The van der Waals surface area contributed by atoms with E-state index in [9.17, 15) is 0 Å². The maximum Gasteiger partial charge on any atom is 0.0594 e. The summed E-state index contributed by atoms with van der Waals surface area (Å²) in [6.07, 6.45) is 0. The SMILES string of the molecule is Cl.Cl.c1ccc(-c2[nH]c(-c3ccccc3)c(CN3CCOCC3)c2CN2CCOCC2)cc1. The molecular weight excluding hydrogens is 457 g/mol. The third-order valence-corrected chi connectivity index (χ3v) is 6.31. The van der Waals surface area contributed by atoms with Crippen LogP contribution in [0.3, 0.4) is 0 Å². The Kier molecular flexibility index (Phi) is 9.80. The van der Waals surface area contributed by atoms with Gasteiger partial charge >= 0.3 is 0 Å². The van der Waals surface area contributed by atoms with Crippen molar-refractivity contribution in [2.24, 2.45) is 0 Å². The standard InChI is InChI=1S/C26H31N3O2.2ClH/c1-3-7-21(8-4-1)25-23(19-28-11-15-30-16-12-28)24(20-29-13-17-31-18-14-29)26(27-25)22-9-5-2-6-10-22;;/h1-10,27H,11-20H2;2*1H. The Hall–Kier alpha value is -1.86. The predicted molar refractivity (Wildman–Crippen MR) is 138 cm³/mol. The van der Waals surface area contributed by atoms with Crippen LogP contribution in [0.4, 0.5) is 0 Å². The smallest absolute Gasteiger partial charge is 0.0594 e. The van der Waals surface area contributed by atoms with Crippen molar-refractivity contribution in [3.63, 3.8) is 0 Å². The van der Waals surface area contributed by atoms with Crippen molar-refractivity contribution >= 4 is 24.8 Å². The molecule has 0 spiro atoms. The van der Waals surface area contributed by atoms with Gasteiger partial charge in [0.15, 0.2) is 0 Å². The largest absolute Gasteiger partial charge is 0.379 e. The van der Waals surface area contributed by atoms with Gasteiger partial charge in [-0.3, -0.25) is 9.80 Å². The number of aromatic amines is 1. The Morgan fingerprint density at radius 1 is 0.576 bits per heavy atom. The Morgan fingerprint density at radius 2 is 0.939 bits per heavy atom. The van der Waals surface area contributed by atoms with Crippen molar-refractivity contribution < 1.29 is 9.47 Å². The second kappa shape index (κ2) is 12.6. The summed E-state index contributed by atoms with van der Waals surface area (Å²) in [4.78, 5) is 8.90. The van der Waals surface area contributed by atoms with Crippen molar-refractivity contribution in [2.75, 3.05) is 52.6 Å². The molecule has 5 rings (SSSR count). The van der Waals surface area contributed by atoms with Crippen molar-refractivity contribution in [1.29, 1.82) is 0 Å². The summed E-state index contributed by atoms with van der Waals surface area (Å²) >= 11 is 0. The fraction of sp³-hybridized carbons (Fsp3) is 0.385. The van der Waals surface area contributed by atoms with Crippen LogP contribution in [0.25, 0.3) is 22.5 Å². The van der Waals surface area contributed by atoms with Crippen molar-refractivity contribution in [3.8, 4) is 22.5 Å². The highest BCUT2D eigenvalue weighted by atomic mass is 35.5. The number of aromatic nitrogens is 1. The van der Waals surface area contributed by atoms with Crippen molar-refractivity contribution in [2.45, 2.75) is 13.1 Å². The lowest BCUT2D eigenvalue weighted by molar-refractivity contribution is 0.0311. The average molecular weight is 490 g/mol. The minimum atomic E-state index is 0. The monoisotopic (exact) mass is 489 g/mol. The molecule has 0 atom stereocenters. The van der Waals surface area contributed by atoms with Crippen LogP contribution in [0.15, 0.2) is 60.7 Å². The van der Waals surface area contributed by atoms with Crippen molar-refractivity contribution in [3.05, 3.63) is 71.8 Å². The molecule has 0 radical (unpaired) electrons. The molecule has 2 saturated heterocycles. The molecule has 1 aromatic heterocycles. The molecule has 0 saturated carbocycles. The van der Waals surface area contributed by atoms with E-state index >= 15 is 0 Å². The minimum absolute atomic E-state index is 0. The van der Waals surface area contributed by atoms with Gasteiger partial charge in [-0.05, 0) is 22.3 Å². The summed E-state index contributed by atoms with van der Waals surface area (Å²) in [5.41, 5.74) is 7.81. The molecule has 1 N–H and O–H groups in total. The van der Waals surface area contributed by atoms with Crippen LogP contribution in [-0.2, 0) is 22.6 Å². The lowest BCUT2D eigenvalue weighted by Gasteiger charge is -2.29. The second-order valence-electron chi connectivity index (χ2n) is 8.34. The molecule has 7 heteroatoms. The Balaban J connectivity index is 0.00000153. The van der Waals surface area contributed by atoms with Gasteiger partial charge in [0.1, 0.15) is 0 Å². The normalized spacial score (nSPS) is 17.2. The van der Waals surface area contributed by atoms with Gasteiger partial charge in [0.05, 0.1) is 37.8 Å². The van der Waals surface area contributed by atoms with E-state index < -0.39 is 0 Å². The maximum atomic E-state index is 5.61. The quantitative estimate of drug-likeness (QED) is 0.536. The van der Waals surface area contributed by atoms with E-state index in [1.165, 1.54) is 33.6 Å². The number of nitrogens with one attached hydrogen (secondary N) is 1. The molecule has 0 aliphatic carbocycles. The van der Waals surface area contributed by atoms with E-state index in [4.69, 9.17) is 9.47 Å². The van der Waals surface area contributed by atoms with E-state index in [1.54, 1.807) is 0 Å². The molecule has 0 unspecified atom stereocenters. The summed E-state index contributed by atoms with van der Waals surface area (Å²) in [7, 11) is 0. The topological polar surface area (TPSA) is 40.7 Å². The molecule has 3 heterocycles. The highest BCUT2D eigenvalue weighted by molar-refractivity contribution is 5.85.